The number of nitrogens with one attached hydrogen (secondary N) is 1. The Morgan fingerprint density at radius 3 is 2.37 bits per heavy atom. The zero-order chi connectivity index (χ0) is 13.5. The van der Waals surface area contributed by atoms with E-state index in [9.17, 15) is 4.79 Å². The summed E-state index contributed by atoms with van der Waals surface area (Å²) in [5.74, 6) is 0.402. The normalized spacial score (nSPS) is 10.2. The lowest BCUT2D eigenvalue weighted by Crippen LogP contribution is -2.25. The van der Waals surface area contributed by atoms with Gasteiger partial charge in [0.15, 0.2) is 0 Å². The Labute approximate surface area is 117 Å². The van der Waals surface area contributed by atoms with Crippen LogP contribution in [0.5, 0.6) is 0 Å². The molecule has 0 radical (unpaired) electrons. The first-order valence-corrected chi connectivity index (χ1v) is 6.65. The van der Waals surface area contributed by atoms with E-state index in [-0.39, 0.29) is 5.91 Å². The van der Waals surface area contributed by atoms with Gasteiger partial charge in [0, 0.05) is 30.4 Å². The molecule has 1 aromatic carbocycles. The molecule has 98 valence electrons. The maximum Gasteiger partial charge on any atom is 0.251 e. The Hall–Kier alpha value is -1.87. The van der Waals surface area contributed by atoms with Crippen LogP contribution >= 0.6 is 11.6 Å². The van der Waals surface area contributed by atoms with Crippen molar-refractivity contribution in [3.63, 3.8) is 0 Å². The molecule has 0 aliphatic heterocycles. The minimum absolute atomic E-state index is 0.0600. The maximum absolute atomic E-state index is 11.9. The Kier molecular flexibility index (Phi) is 4.93. The third-order valence-corrected chi connectivity index (χ3v) is 3.13. The molecule has 0 aliphatic rings. The van der Waals surface area contributed by atoms with Gasteiger partial charge in [-0.25, -0.2) is 0 Å². The smallest absolute Gasteiger partial charge is 0.251 e. The highest BCUT2D eigenvalue weighted by Crippen LogP contribution is 2.06. The lowest BCUT2D eigenvalue weighted by atomic mass is 10.1. The van der Waals surface area contributed by atoms with Crippen LogP contribution in [-0.4, -0.2) is 17.4 Å². The van der Waals surface area contributed by atoms with Crippen molar-refractivity contribution in [3.05, 3.63) is 65.5 Å². The molecular formula is C15H15ClN2O. The average Bonchev–Trinajstić information content (AvgIpc) is 2.48. The van der Waals surface area contributed by atoms with Gasteiger partial charge in [0.2, 0.25) is 0 Å². The molecule has 3 nitrogen and oxygen atoms in total. The van der Waals surface area contributed by atoms with Crippen molar-refractivity contribution >= 4 is 17.5 Å². The Morgan fingerprint density at radius 1 is 1.05 bits per heavy atom. The predicted octanol–water partition coefficient (Wildman–Crippen LogP) is 2.79. The van der Waals surface area contributed by atoms with Crippen LogP contribution in [-0.2, 0) is 12.3 Å². The molecule has 2 rings (SSSR count). The predicted molar refractivity (Wildman–Crippen MR) is 76.3 cm³/mol. The molecule has 0 spiro atoms. The molecule has 1 N–H and O–H groups in total. The molecule has 19 heavy (non-hydrogen) atoms. The number of halogens is 1. The van der Waals surface area contributed by atoms with Gasteiger partial charge in [-0.2, -0.15) is 0 Å². The number of hydrogen-bond donors (Lipinski definition) is 1. The topological polar surface area (TPSA) is 42.0 Å². The van der Waals surface area contributed by atoms with Crippen molar-refractivity contribution in [2.45, 2.75) is 12.3 Å². The average molecular weight is 275 g/mol. The highest BCUT2D eigenvalue weighted by Gasteiger charge is 2.04. The largest absolute Gasteiger partial charge is 0.352 e. The number of nitrogens with zero attached hydrogens (tertiary/aromatic N) is 1. The maximum atomic E-state index is 11.9. The van der Waals surface area contributed by atoms with Gasteiger partial charge in [-0.1, -0.05) is 12.1 Å². The van der Waals surface area contributed by atoms with Gasteiger partial charge < -0.3 is 5.32 Å². The van der Waals surface area contributed by atoms with Gasteiger partial charge in [0.25, 0.3) is 5.91 Å². The summed E-state index contributed by atoms with van der Waals surface area (Å²) in [6.07, 6.45) is 4.30. The van der Waals surface area contributed by atoms with E-state index in [0.717, 1.165) is 17.5 Å². The number of rotatable bonds is 5. The highest BCUT2D eigenvalue weighted by atomic mass is 35.5. The summed E-state index contributed by atoms with van der Waals surface area (Å²) in [6, 6.07) is 11.2. The first-order chi connectivity index (χ1) is 9.29. The Bertz CT molecular complexity index is 526. The lowest BCUT2D eigenvalue weighted by Gasteiger charge is -2.05. The zero-order valence-electron chi connectivity index (χ0n) is 10.5. The van der Waals surface area contributed by atoms with Crippen molar-refractivity contribution in [2.24, 2.45) is 0 Å². The number of alkyl halides is 1. The van der Waals surface area contributed by atoms with Crippen molar-refractivity contribution in [3.8, 4) is 0 Å². The van der Waals surface area contributed by atoms with Gasteiger partial charge in [0.1, 0.15) is 0 Å². The minimum Gasteiger partial charge on any atom is -0.352 e. The van der Waals surface area contributed by atoms with Gasteiger partial charge in [-0.15, -0.1) is 11.6 Å². The molecular weight excluding hydrogens is 260 g/mol. The second-order valence-electron chi connectivity index (χ2n) is 4.19. The SMILES string of the molecule is O=C(NCCc1ccncc1)c1ccc(CCl)cc1. The van der Waals surface area contributed by atoms with Crippen LogP contribution in [0.4, 0.5) is 0 Å². The number of carbonyl (C=O) groups is 1. The van der Waals surface area contributed by atoms with Crippen molar-refractivity contribution in [1.82, 2.24) is 10.3 Å². The van der Waals surface area contributed by atoms with Crippen LogP contribution in [0.2, 0.25) is 0 Å². The fraction of sp³-hybridized carbons (Fsp3) is 0.200. The minimum atomic E-state index is -0.0600. The molecule has 0 atom stereocenters. The number of carbonyl (C=O) groups excluding carboxylic acids is 1. The summed E-state index contributed by atoms with van der Waals surface area (Å²) >= 11 is 5.70. The summed E-state index contributed by atoms with van der Waals surface area (Å²) in [4.78, 5) is 15.8. The molecule has 0 saturated carbocycles. The van der Waals surface area contributed by atoms with E-state index in [4.69, 9.17) is 11.6 Å². The van der Waals surface area contributed by atoms with Crippen molar-refractivity contribution < 1.29 is 4.79 Å². The number of aromatic nitrogens is 1. The fourth-order valence-electron chi connectivity index (χ4n) is 1.72. The van der Waals surface area contributed by atoms with E-state index in [1.165, 1.54) is 0 Å². The van der Waals surface area contributed by atoms with Gasteiger partial charge in [0.05, 0.1) is 0 Å². The highest BCUT2D eigenvalue weighted by molar-refractivity contribution is 6.17. The van der Waals surface area contributed by atoms with Crippen LogP contribution in [0, 0.1) is 0 Å². The molecule has 2 aromatic rings. The number of amides is 1. The molecule has 1 aromatic heterocycles. The van der Waals surface area contributed by atoms with E-state index in [2.05, 4.69) is 10.3 Å². The molecule has 4 heteroatoms. The third-order valence-electron chi connectivity index (χ3n) is 2.82. The first kappa shape index (κ1) is 13.6. The second kappa shape index (κ2) is 6.90. The first-order valence-electron chi connectivity index (χ1n) is 6.11. The Morgan fingerprint density at radius 2 is 1.74 bits per heavy atom. The molecule has 0 bridgehead atoms. The quantitative estimate of drug-likeness (QED) is 0.852. The molecule has 0 fully saturated rings. The number of pyridine rings is 1. The summed E-state index contributed by atoms with van der Waals surface area (Å²) in [5, 5.41) is 2.89. The molecule has 0 saturated heterocycles. The third kappa shape index (κ3) is 4.07. The van der Waals surface area contributed by atoms with Crippen LogP contribution < -0.4 is 5.32 Å². The van der Waals surface area contributed by atoms with E-state index in [1.807, 2.05) is 24.3 Å². The zero-order valence-corrected chi connectivity index (χ0v) is 11.2. The van der Waals surface area contributed by atoms with Gasteiger partial charge >= 0.3 is 0 Å². The van der Waals surface area contributed by atoms with Crippen molar-refractivity contribution in [1.29, 1.82) is 0 Å². The van der Waals surface area contributed by atoms with Gasteiger partial charge in [-0.05, 0) is 41.8 Å². The van der Waals surface area contributed by atoms with E-state index < -0.39 is 0 Å². The molecule has 0 aliphatic carbocycles. The standard InChI is InChI=1S/C15H15ClN2O/c16-11-13-1-3-14(4-2-13)15(19)18-10-7-12-5-8-17-9-6-12/h1-6,8-9H,7,10-11H2,(H,18,19). The van der Waals surface area contributed by atoms with Crippen LogP contribution in [0.3, 0.4) is 0 Å². The summed E-state index contributed by atoms with van der Waals surface area (Å²) in [6.45, 7) is 0.611. The molecule has 0 unspecified atom stereocenters. The van der Waals surface area contributed by atoms with E-state index in [1.54, 1.807) is 24.5 Å². The van der Waals surface area contributed by atoms with Gasteiger partial charge in [-0.3, -0.25) is 9.78 Å². The monoisotopic (exact) mass is 274 g/mol. The summed E-state index contributed by atoms with van der Waals surface area (Å²) < 4.78 is 0. The fourth-order valence-corrected chi connectivity index (χ4v) is 1.90. The molecule has 1 heterocycles. The van der Waals surface area contributed by atoms with E-state index >= 15 is 0 Å². The van der Waals surface area contributed by atoms with E-state index in [0.29, 0.717) is 18.0 Å². The lowest BCUT2D eigenvalue weighted by molar-refractivity contribution is 0.0954. The van der Waals surface area contributed by atoms with Crippen molar-refractivity contribution in [2.75, 3.05) is 6.54 Å². The number of hydrogen-bond acceptors (Lipinski definition) is 2. The van der Waals surface area contributed by atoms with Crippen LogP contribution in [0.25, 0.3) is 0 Å². The van der Waals surface area contributed by atoms with Crippen LogP contribution in [0.15, 0.2) is 48.8 Å². The summed E-state index contributed by atoms with van der Waals surface area (Å²) in [7, 11) is 0. The molecule has 1 amide bonds. The number of benzene rings is 1. The second-order valence-corrected chi connectivity index (χ2v) is 4.46. The van der Waals surface area contributed by atoms with Crippen LogP contribution in [0.1, 0.15) is 21.5 Å². The Balaban J connectivity index is 1.84. The summed E-state index contributed by atoms with van der Waals surface area (Å²) in [5.41, 5.74) is 2.83.